The first kappa shape index (κ1) is 23.3. The average Bonchev–Trinajstić information content (AvgIpc) is 3.00. The molecule has 1 amide bonds. The normalized spacial score (nSPS) is 19.3. The van der Waals surface area contributed by atoms with Gasteiger partial charge in [0.15, 0.2) is 5.16 Å². The summed E-state index contributed by atoms with van der Waals surface area (Å²) in [7, 11) is 0. The van der Waals surface area contributed by atoms with Gasteiger partial charge in [0.05, 0.1) is 11.1 Å². The zero-order chi connectivity index (χ0) is 21.7. The largest absolute Gasteiger partial charge is 0.382 e. The fourth-order valence-corrected chi connectivity index (χ4v) is 5.90. The Balaban J connectivity index is 1.77. The number of amides is 1. The maximum Gasteiger partial charge on any atom is 0.263 e. The van der Waals surface area contributed by atoms with E-state index in [0.717, 1.165) is 28.1 Å². The lowest BCUT2D eigenvalue weighted by molar-refractivity contribution is -0.119. The van der Waals surface area contributed by atoms with E-state index in [2.05, 4.69) is 12.2 Å². The van der Waals surface area contributed by atoms with Gasteiger partial charge in [-0.05, 0) is 51.5 Å². The Hall–Kier alpha value is -1.38. The van der Waals surface area contributed by atoms with Gasteiger partial charge in [-0.15, -0.1) is 11.3 Å². The Morgan fingerprint density at radius 1 is 1.33 bits per heavy atom. The number of carbonyl (C=O) groups excluding carboxylic acids is 1. The van der Waals surface area contributed by atoms with Crippen molar-refractivity contribution in [2.75, 3.05) is 19.0 Å². The first-order valence-corrected chi connectivity index (χ1v) is 12.7. The Morgan fingerprint density at radius 2 is 2.10 bits per heavy atom. The summed E-state index contributed by atoms with van der Waals surface area (Å²) in [6.07, 6.45) is 5.39. The molecule has 0 aliphatic heterocycles. The highest BCUT2D eigenvalue weighted by Crippen LogP contribution is 2.29. The van der Waals surface area contributed by atoms with Crippen molar-refractivity contribution >= 4 is 39.2 Å². The summed E-state index contributed by atoms with van der Waals surface area (Å²) in [5.41, 5.74) is 0.994. The fourth-order valence-electron chi connectivity index (χ4n) is 3.99. The molecule has 0 spiro atoms. The highest BCUT2D eigenvalue weighted by Gasteiger charge is 2.23. The van der Waals surface area contributed by atoms with E-state index in [4.69, 9.17) is 9.72 Å². The molecule has 1 aliphatic rings. The van der Waals surface area contributed by atoms with Crippen molar-refractivity contribution in [3.63, 3.8) is 0 Å². The van der Waals surface area contributed by atoms with Crippen molar-refractivity contribution in [2.45, 2.75) is 77.5 Å². The number of ether oxygens (including phenoxy) is 1. The van der Waals surface area contributed by atoms with Gasteiger partial charge in [-0.1, -0.05) is 31.5 Å². The molecule has 8 heteroatoms. The summed E-state index contributed by atoms with van der Waals surface area (Å²) in [5.74, 6) is 0.819. The van der Waals surface area contributed by atoms with Gasteiger partial charge in [0.2, 0.25) is 5.91 Å². The quantitative estimate of drug-likeness (QED) is 0.350. The molecule has 1 N–H and O–H groups in total. The number of thioether (sulfide) groups is 1. The molecule has 0 saturated heterocycles. The minimum Gasteiger partial charge on any atom is -0.382 e. The number of carbonyl (C=O) groups is 1. The Bertz CT molecular complexity index is 938. The van der Waals surface area contributed by atoms with Crippen LogP contribution in [0.25, 0.3) is 10.2 Å². The first-order valence-electron chi connectivity index (χ1n) is 10.9. The van der Waals surface area contributed by atoms with Gasteiger partial charge < -0.3 is 10.1 Å². The van der Waals surface area contributed by atoms with Crippen LogP contribution in [0.2, 0.25) is 0 Å². The zero-order valence-electron chi connectivity index (χ0n) is 18.5. The van der Waals surface area contributed by atoms with E-state index < -0.39 is 0 Å². The Kier molecular flexibility index (Phi) is 8.36. The molecular weight excluding hydrogens is 418 g/mol. The molecule has 166 valence electrons. The second kappa shape index (κ2) is 10.8. The number of hydrogen-bond donors (Lipinski definition) is 1. The fraction of sp³-hybridized carbons (Fsp3) is 0.682. The van der Waals surface area contributed by atoms with Crippen molar-refractivity contribution in [1.82, 2.24) is 14.9 Å². The van der Waals surface area contributed by atoms with Gasteiger partial charge in [-0.3, -0.25) is 14.2 Å². The van der Waals surface area contributed by atoms with Gasteiger partial charge >= 0.3 is 0 Å². The van der Waals surface area contributed by atoms with Gasteiger partial charge in [0.1, 0.15) is 4.83 Å². The van der Waals surface area contributed by atoms with E-state index in [1.807, 2.05) is 20.8 Å². The Morgan fingerprint density at radius 3 is 2.83 bits per heavy atom. The summed E-state index contributed by atoms with van der Waals surface area (Å²) < 4.78 is 7.16. The third-order valence-electron chi connectivity index (χ3n) is 5.92. The number of nitrogens with one attached hydrogen (secondary N) is 1. The molecule has 0 unspecified atom stereocenters. The third-order valence-corrected chi connectivity index (χ3v) is 8.00. The van der Waals surface area contributed by atoms with Crippen molar-refractivity contribution < 1.29 is 9.53 Å². The molecule has 0 bridgehead atoms. The lowest BCUT2D eigenvalue weighted by Gasteiger charge is -2.29. The van der Waals surface area contributed by atoms with Crippen LogP contribution in [0.3, 0.4) is 0 Å². The smallest absolute Gasteiger partial charge is 0.263 e. The predicted molar refractivity (Wildman–Crippen MR) is 125 cm³/mol. The molecule has 0 radical (unpaired) electrons. The molecule has 30 heavy (non-hydrogen) atoms. The van der Waals surface area contributed by atoms with Crippen LogP contribution in [-0.2, 0) is 16.1 Å². The van der Waals surface area contributed by atoms with E-state index in [9.17, 15) is 9.59 Å². The van der Waals surface area contributed by atoms with Crippen LogP contribution >= 0.6 is 23.1 Å². The molecule has 6 nitrogen and oxygen atoms in total. The summed E-state index contributed by atoms with van der Waals surface area (Å²) in [4.78, 5) is 32.5. The molecule has 0 aromatic carbocycles. The molecule has 2 heterocycles. The number of rotatable bonds is 9. The first-order chi connectivity index (χ1) is 14.4. The summed E-state index contributed by atoms with van der Waals surface area (Å²) >= 11 is 2.91. The SMILES string of the molecule is CCOCCCn1c(SCC(=O)N[C@@H]2CCCC[C@@H]2C)nc2sc(C)c(C)c2c1=O. The molecule has 1 saturated carbocycles. The van der Waals surface area contributed by atoms with Crippen LogP contribution in [0.1, 0.15) is 56.4 Å². The number of thiophene rings is 1. The number of hydrogen-bond acceptors (Lipinski definition) is 6. The average molecular weight is 452 g/mol. The van der Waals surface area contributed by atoms with Crippen molar-refractivity contribution in [3.05, 3.63) is 20.8 Å². The van der Waals surface area contributed by atoms with E-state index in [0.29, 0.717) is 36.2 Å². The van der Waals surface area contributed by atoms with Gasteiger partial charge in [-0.25, -0.2) is 4.98 Å². The van der Waals surface area contributed by atoms with Gasteiger partial charge in [0.25, 0.3) is 5.56 Å². The van der Waals surface area contributed by atoms with E-state index >= 15 is 0 Å². The second-order valence-corrected chi connectivity index (χ2v) is 10.2. The van der Waals surface area contributed by atoms with E-state index in [1.54, 1.807) is 15.9 Å². The molecule has 1 aliphatic carbocycles. The van der Waals surface area contributed by atoms with Crippen LogP contribution < -0.4 is 10.9 Å². The van der Waals surface area contributed by atoms with Crippen LogP contribution in [0.5, 0.6) is 0 Å². The monoisotopic (exact) mass is 451 g/mol. The van der Waals surface area contributed by atoms with Crippen LogP contribution in [0.4, 0.5) is 0 Å². The van der Waals surface area contributed by atoms with Crippen LogP contribution in [-0.4, -0.2) is 40.5 Å². The van der Waals surface area contributed by atoms with Crippen LogP contribution in [0, 0.1) is 19.8 Å². The van der Waals surface area contributed by atoms with Crippen molar-refractivity contribution in [1.29, 1.82) is 0 Å². The standard InChI is InChI=1S/C22H33N3O3S2/c1-5-28-12-8-11-25-21(27)19-15(3)16(4)30-20(19)24-22(25)29-13-18(26)23-17-10-7-6-9-14(17)2/h14,17H,5-13H2,1-4H3,(H,23,26)/t14-,17+/m0/s1. The lowest BCUT2D eigenvalue weighted by atomic mass is 9.86. The zero-order valence-corrected chi connectivity index (χ0v) is 20.1. The maximum absolute atomic E-state index is 13.2. The maximum atomic E-state index is 13.2. The third kappa shape index (κ3) is 5.45. The topological polar surface area (TPSA) is 73.2 Å². The van der Waals surface area contributed by atoms with E-state index in [1.165, 1.54) is 31.0 Å². The highest BCUT2D eigenvalue weighted by atomic mass is 32.2. The number of nitrogens with zero attached hydrogens (tertiary/aromatic N) is 2. The predicted octanol–water partition coefficient (Wildman–Crippen LogP) is 4.29. The Labute approximate surface area is 186 Å². The minimum absolute atomic E-state index is 0.0119. The molecule has 1 fully saturated rings. The summed E-state index contributed by atoms with van der Waals surface area (Å²) in [5, 5.41) is 4.52. The molecule has 2 aromatic heterocycles. The second-order valence-electron chi connectivity index (χ2n) is 8.09. The lowest BCUT2D eigenvalue weighted by Crippen LogP contribution is -2.42. The molecule has 3 rings (SSSR count). The van der Waals surface area contributed by atoms with Crippen molar-refractivity contribution in [3.8, 4) is 0 Å². The number of aryl methyl sites for hydroxylation is 2. The van der Waals surface area contributed by atoms with Crippen molar-refractivity contribution in [2.24, 2.45) is 5.92 Å². The summed E-state index contributed by atoms with van der Waals surface area (Å²) in [6.45, 7) is 9.98. The minimum atomic E-state index is -0.0119. The number of fused-ring (bicyclic) bond motifs is 1. The van der Waals surface area contributed by atoms with E-state index in [-0.39, 0.29) is 23.3 Å². The molecule has 2 aromatic rings. The molecule has 2 atom stereocenters. The van der Waals surface area contributed by atoms with Crippen LogP contribution in [0.15, 0.2) is 9.95 Å². The number of aromatic nitrogens is 2. The van der Waals surface area contributed by atoms with Gasteiger partial charge in [-0.2, -0.15) is 0 Å². The highest BCUT2D eigenvalue weighted by molar-refractivity contribution is 7.99. The summed E-state index contributed by atoms with van der Waals surface area (Å²) in [6, 6.07) is 0.262. The molecular formula is C22H33N3O3S2. The van der Waals surface area contributed by atoms with Gasteiger partial charge in [0, 0.05) is 30.7 Å².